The highest BCUT2D eigenvalue weighted by Crippen LogP contribution is 2.07. The fourth-order valence-corrected chi connectivity index (χ4v) is 0.566. The SMILES string of the molecule is CC(C)(C#N)OS(=O)[O-]. The van der Waals surface area contributed by atoms with Gasteiger partial charge in [-0.1, -0.05) is 0 Å². The first-order valence-electron chi connectivity index (χ1n) is 2.18. The van der Waals surface area contributed by atoms with Crippen LogP contribution in [0, 0.1) is 11.3 Å². The Morgan fingerprint density at radius 2 is 2.22 bits per heavy atom. The summed E-state index contributed by atoms with van der Waals surface area (Å²) in [6.07, 6.45) is 0. The zero-order valence-electron chi connectivity index (χ0n) is 5.08. The Balaban J connectivity index is 3.91. The third kappa shape index (κ3) is 4.09. The first-order valence-corrected chi connectivity index (χ1v) is 3.18. The Morgan fingerprint density at radius 1 is 1.78 bits per heavy atom. The van der Waals surface area contributed by atoms with Gasteiger partial charge in [0.2, 0.25) is 0 Å². The third-order valence-corrected chi connectivity index (χ3v) is 1.10. The van der Waals surface area contributed by atoms with E-state index >= 15 is 0 Å². The van der Waals surface area contributed by atoms with Crippen LogP contribution in [0.2, 0.25) is 0 Å². The van der Waals surface area contributed by atoms with Gasteiger partial charge in [0, 0.05) is 0 Å². The number of nitriles is 1. The van der Waals surface area contributed by atoms with Gasteiger partial charge in [-0.15, -0.1) is 0 Å². The third-order valence-electron chi connectivity index (χ3n) is 0.546. The summed E-state index contributed by atoms with van der Waals surface area (Å²) in [7, 11) is 0. The van der Waals surface area contributed by atoms with Crippen molar-refractivity contribution in [3.8, 4) is 6.07 Å². The lowest BCUT2D eigenvalue weighted by Gasteiger charge is -2.16. The molecule has 5 heteroatoms. The summed E-state index contributed by atoms with van der Waals surface area (Å²) < 4.78 is 23.7. The standard InChI is InChI=1S/C4H7NO3S/c1-4(2,3-5)8-9(6)7/h1-2H3,(H,6,7)/p-1. The Kier molecular flexibility index (Phi) is 2.77. The van der Waals surface area contributed by atoms with E-state index in [-0.39, 0.29) is 0 Å². The Morgan fingerprint density at radius 3 is 2.33 bits per heavy atom. The van der Waals surface area contributed by atoms with Crippen LogP contribution in [-0.2, 0) is 15.5 Å². The second kappa shape index (κ2) is 2.92. The van der Waals surface area contributed by atoms with E-state index in [1.54, 1.807) is 6.07 Å². The van der Waals surface area contributed by atoms with Gasteiger partial charge >= 0.3 is 0 Å². The van der Waals surface area contributed by atoms with Gasteiger partial charge in [0.1, 0.15) is 0 Å². The van der Waals surface area contributed by atoms with Gasteiger partial charge in [0.25, 0.3) is 0 Å². The molecule has 9 heavy (non-hydrogen) atoms. The van der Waals surface area contributed by atoms with Gasteiger partial charge < -0.3 is 4.55 Å². The number of hydrogen-bond acceptors (Lipinski definition) is 4. The minimum absolute atomic E-state index is 1.24. The van der Waals surface area contributed by atoms with Crippen molar-refractivity contribution < 1.29 is 12.9 Å². The fourth-order valence-electron chi connectivity index (χ4n) is 0.189. The molecule has 1 atom stereocenters. The van der Waals surface area contributed by atoms with Crippen molar-refractivity contribution in [2.45, 2.75) is 19.4 Å². The zero-order chi connectivity index (χ0) is 7.49. The molecule has 0 aliphatic heterocycles. The lowest BCUT2D eigenvalue weighted by molar-refractivity contribution is 0.171. The number of nitrogens with zero attached hydrogens (tertiary/aromatic N) is 1. The quantitative estimate of drug-likeness (QED) is 0.520. The van der Waals surface area contributed by atoms with Crippen LogP contribution in [-0.4, -0.2) is 14.4 Å². The van der Waals surface area contributed by atoms with Crippen molar-refractivity contribution in [1.82, 2.24) is 0 Å². The monoisotopic (exact) mass is 148 g/mol. The molecular formula is C4H6NO3S-. The molecule has 0 aromatic rings. The summed E-state index contributed by atoms with van der Waals surface area (Å²) in [6, 6.07) is 1.66. The second-order valence-corrected chi connectivity index (χ2v) is 2.48. The van der Waals surface area contributed by atoms with Crippen molar-refractivity contribution in [2.75, 3.05) is 0 Å². The molecule has 52 valence electrons. The van der Waals surface area contributed by atoms with E-state index in [1.807, 2.05) is 0 Å². The van der Waals surface area contributed by atoms with Gasteiger partial charge in [-0.05, 0) is 13.8 Å². The van der Waals surface area contributed by atoms with E-state index in [9.17, 15) is 8.76 Å². The lowest BCUT2D eigenvalue weighted by Crippen LogP contribution is -2.22. The van der Waals surface area contributed by atoms with Crippen LogP contribution in [0.15, 0.2) is 0 Å². The van der Waals surface area contributed by atoms with Crippen LogP contribution in [0.3, 0.4) is 0 Å². The van der Waals surface area contributed by atoms with E-state index in [2.05, 4.69) is 4.18 Å². The normalized spacial score (nSPS) is 14.4. The van der Waals surface area contributed by atoms with Crippen LogP contribution in [0.25, 0.3) is 0 Å². The van der Waals surface area contributed by atoms with E-state index < -0.39 is 17.0 Å². The van der Waals surface area contributed by atoms with Crippen LogP contribution >= 0.6 is 0 Å². The molecule has 0 bridgehead atoms. The van der Waals surface area contributed by atoms with Gasteiger partial charge in [-0.25, -0.2) is 4.21 Å². The molecule has 0 fully saturated rings. The predicted molar refractivity (Wildman–Crippen MR) is 29.7 cm³/mol. The maximum Gasteiger partial charge on any atom is 0.164 e. The molecule has 0 aliphatic rings. The van der Waals surface area contributed by atoms with Gasteiger partial charge in [-0.3, -0.25) is 4.18 Å². The van der Waals surface area contributed by atoms with Crippen LogP contribution in [0.5, 0.6) is 0 Å². The lowest BCUT2D eigenvalue weighted by atomic mass is 10.2. The Labute approximate surface area is 55.9 Å². The van der Waals surface area contributed by atoms with Gasteiger partial charge in [-0.2, -0.15) is 5.26 Å². The van der Waals surface area contributed by atoms with E-state index in [4.69, 9.17) is 5.26 Å². The minimum Gasteiger partial charge on any atom is -0.750 e. The van der Waals surface area contributed by atoms with E-state index in [0.29, 0.717) is 0 Å². The molecule has 0 radical (unpaired) electrons. The highest BCUT2D eigenvalue weighted by Gasteiger charge is 2.16. The number of rotatable bonds is 2. The smallest absolute Gasteiger partial charge is 0.164 e. The summed E-state index contributed by atoms with van der Waals surface area (Å²) in [6.45, 7) is 2.73. The van der Waals surface area contributed by atoms with Crippen LogP contribution in [0.4, 0.5) is 0 Å². The molecule has 0 aromatic carbocycles. The molecule has 0 amide bonds. The highest BCUT2D eigenvalue weighted by atomic mass is 32.2. The largest absolute Gasteiger partial charge is 0.750 e. The van der Waals surface area contributed by atoms with Crippen molar-refractivity contribution in [2.24, 2.45) is 0 Å². The minimum atomic E-state index is -2.61. The number of hydrogen-bond donors (Lipinski definition) is 0. The zero-order valence-corrected chi connectivity index (χ0v) is 5.90. The summed E-state index contributed by atoms with van der Waals surface area (Å²) in [4.78, 5) is 0. The van der Waals surface area contributed by atoms with Crippen molar-refractivity contribution in [3.05, 3.63) is 0 Å². The molecule has 1 unspecified atom stereocenters. The van der Waals surface area contributed by atoms with E-state index in [1.165, 1.54) is 13.8 Å². The second-order valence-electron chi connectivity index (χ2n) is 1.91. The van der Waals surface area contributed by atoms with Crippen molar-refractivity contribution in [1.29, 1.82) is 5.26 Å². The Hall–Kier alpha value is -0.440. The molecule has 0 saturated heterocycles. The molecular weight excluding hydrogens is 142 g/mol. The maximum atomic E-state index is 9.80. The summed E-state index contributed by atoms with van der Waals surface area (Å²) in [5.74, 6) is 0. The molecule has 0 N–H and O–H groups in total. The highest BCUT2D eigenvalue weighted by molar-refractivity contribution is 7.74. The first-order chi connectivity index (χ1) is 3.98. The van der Waals surface area contributed by atoms with Crippen molar-refractivity contribution >= 4 is 11.4 Å². The summed E-state index contributed by atoms with van der Waals surface area (Å²) in [5.41, 5.74) is -1.24. The Bertz CT molecular complexity index is 160. The molecule has 0 aliphatic carbocycles. The molecule has 0 heterocycles. The van der Waals surface area contributed by atoms with E-state index in [0.717, 1.165) is 0 Å². The topological polar surface area (TPSA) is 73.1 Å². The van der Waals surface area contributed by atoms with Crippen molar-refractivity contribution in [3.63, 3.8) is 0 Å². The molecule has 0 spiro atoms. The molecule has 4 nitrogen and oxygen atoms in total. The fraction of sp³-hybridized carbons (Fsp3) is 0.750. The summed E-state index contributed by atoms with van der Waals surface area (Å²) >= 11 is -2.61. The molecule has 0 aromatic heterocycles. The first kappa shape index (κ1) is 8.56. The average Bonchev–Trinajstić information content (AvgIpc) is 1.63. The average molecular weight is 148 g/mol. The molecule has 0 rings (SSSR count). The maximum absolute atomic E-state index is 9.80. The predicted octanol–water partition coefficient (Wildman–Crippen LogP) is 0.0993. The van der Waals surface area contributed by atoms with Gasteiger partial charge in [0.15, 0.2) is 5.60 Å². The van der Waals surface area contributed by atoms with Crippen LogP contribution < -0.4 is 0 Å². The van der Waals surface area contributed by atoms with Gasteiger partial charge in [0.05, 0.1) is 17.4 Å². The molecule has 0 saturated carbocycles. The van der Waals surface area contributed by atoms with Crippen LogP contribution in [0.1, 0.15) is 13.8 Å². The summed E-state index contributed by atoms with van der Waals surface area (Å²) in [5, 5.41) is 8.19.